The van der Waals surface area contributed by atoms with Crippen molar-refractivity contribution < 1.29 is 29.0 Å². The zero-order valence-corrected chi connectivity index (χ0v) is 19.2. The number of carbonyl (C=O) groups excluding carboxylic acids is 3. The zero-order chi connectivity index (χ0) is 23.8. The standard InChI is InChI=1S/C25H32N2O6/c1-4-13-26(16-17-9-7-6-8-10-17)22(30)20-25-12-11-24(3,33-25)19(23(31)32-5-2)18(25)21(29)27(20)14-15-28/h4,6-10,18-20,28H,1,5,11-16H2,2-3H3/t18-,19-,20?,24+,25?/m0/s1. The molecule has 4 rings (SSSR count). The number of nitrogens with zero attached hydrogens (tertiary/aromatic N) is 2. The first-order valence-electron chi connectivity index (χ1n) is 11.5. The van der Waals surface area contributed by atoms with Crippen LogP contribution in [0.3, 0.4) is 0 Å². The predicted octanol–water partition coefficient (Wildman–Crippen LogP) is 1.52. The number of aliphatic hydroxyl groups is 1. The molecule has 3 fully saturated rings. The van der Waals surface area contributed by atoms with Gasteiger partial charge in [0.1, 0.15) is 17.6 Å². The smallest absolute Gasteiger partial charge is 0.312 e. The van der Waals surface area contributed by atoms with Crippen LogP contribution in [0.2, 0.25) is 0 Å². The van der Waals surface area contributed by atoms with Crippen molar-refractivity contribution in [3.05, 3.63) is 48.6 Å². The van der Waals surface area contributed by atoms with Crippen LogP contribution >= 0.6 is 0 Å². The van der Waals surface area contributed by atoms with Crippen molar-refractivity contribution in [3.8, 4) is 0 Å². The van der Waals surface area contributed by atoms with Crippen molar-refractivity contribution >= 4 is 17.8 Å². The number of fused-ring (bicyclic) bond motifs is 1. The van der Waals surface area contributed by atoms with Crippen LogP contribution in [0.25, 0.3) is 0 Å². The molecule has 0 saturated carbocycles. The molecule has 1 N–H and O–H groups in total. The fourth-order valence-electron chi connectivity index (χ4n) is 6.01. The molecule has 2 bridgehead atoms. The van der Waals surface area contributed by atoms with Crippen LogP contribution in [0.4, 0.5) is 0 Å². The van der Waals surface area contributed by atoms with E-state index in [1.807, 2.05) is 37.3 Å². The molecule has 3 aliphatic rings. The third-order valence-electron chi connectivity index (χ3n) is 7.27. The van der Waals surface area contributed by atoms with Gasteiger partial charge >= 0.3 is 5.97 Å². The number of esters is 1. The molecule has 1 aromatic carbocycles. The van der Waals surface area contributed by atoms with Crippen LogP contribution in [0, 0.1) is 11.8 Å². The van der Waals surface area contributed by atoms with Crippen LogP contribution in [0.1, 0.15) is 32.3 Å². The summed E-state index contributed by atoms with van der Waals surface area (Å²) in [5, 5.41) is 9.69. The zero-order valence-electron chi connectivity index (χ0n) is 19.2. The van der Waals surface area contributed by atoms with Gasteiger partial charge in [-0.05, 0) is 32.3 Å². The van der Waals surface area contributed by atoms with Gasteiger partial charge in [0.2, 0.25) is 11.8 Å². The summed E-state index contributed by atoms with van der Waals surface area (Å²) in [7, 11) is 0. The highest BCUT2D eigenvalue weighted by atomic mass is 16.6. The Labute approximate surface area is 194 Å². The molecule has 3 heterocycles. The number of likely N-dealkylation sites (tertiary alicyclic amines) is 1. The minimum Gasteiger partial charge on any atom is -0.466 e. The Morgan fingerprint density at radius 2 is 2.06 bits per heavy atom. The lowest BCUT2D eigenvalue weighted by Crippen LogP contribution is -2.56. The van der Waals surface area contributed by atoms with E-state index in [0.717, 1.165) is 5.56 Å². The molecule has 0 aliphatic carbocycles. The summed E-state index contributed by atoms with van der Waals surface area (Å²) in [4.78, 5) is 43.6. The van der Waals surface area contributed by atoms with E-state index in [2.05, 4.69) is 6.58 Å². The summed E-state index contributed by atoms with van der Waals surface area (Å²) < 4.78 is 11.8. The molecular formula is C25H32N2O6. The van der Waals surface area contributed by atoms with Gasteiger partial charge in [-0.25, -0.2) is 0 Å². The first kappa shape index (κ1) is 23.4. The second-order valence-electron chi connectivity index (χ2n) is 9.23. The first-order valence-corrected chi connectivity index (χ1v) is 11.5. The second-order valence-corrected chi connectivity index (χ2v) is 9.23. The Balaban J connectivity index is 1.73. The summed E-state index contributed by atoms with van der Waals surface area (Å²) in [5.74, 6) is -2.65. The summed E-state index contributed by atoms with van der Waals surface area (Å²) in [6.07, 6.45) is 2.69. The molecule has 1 spiro atoms. The maximum atomic E-state index is 14.0. The molecule has 3 aliphatic heterocycles. The van der Waals surface area contributed by atoms with Crippen molar-refractivity contribution in [2.45, 2.75) is 50.5 Å². The second kappa shape index (κ2) is 8.91. The lowest BCUT2D eigenvalue weighted by molar-refractivity contribution is -0.160. The number of hydrogen-bond acceptors (Lipinski definition) is 6. The lowest BCUT2D eigenvalue weighted by Gasteiger charge is -2.36. The molecule has 5 atom stereocenters. The topological polar surface area (TPSA) is 96.4 Å². The number of β-amino-alcohol motifs (C(OH)–C–C–N with tert-alkyl or cyclic N) is 1. The predicted molar refractivity (Wildman–Crippen MR) is 120 cm³/mol. The van der Waals surface area contributed by atoms with E-state index < -0.39 is 35.0 Å². The maximum absolute atomic E-state index is 14.0. The highest BCUT2D eigenvalue weighted by Crippen LogP contribution is 2.63. The van der Waals surface area contributed by atoms with Crippen LogP contribution in [-0.2, 0) is 30.4 Å². The van der Waals surface area contributed by atoms with E-state index in [0.29, 0.717) is 25.9 Å². The fraction of sp³-hybridized carbons (Fsp3) is 0.560. The minimum absolute atomic E-state index is 0.00360. The van der Waals surface area contributed by atoms with E-state index in [1.54, 1.807) is 17.9 Å². The Bertz CT molecular complexity index is 936. The van der Waals surface area contributed by atoms with Gasteiger partial charge in [-0.3, -0.25) is 14.4 Å². The van der Waals surface area contributed by atoms with Crippen molar-refractivity contribution in [1.82, 2.24) is 9.80 Å². The minimum atomic E-state index is -1.12. The summed E-state index contributed by atoms with van der Waals surface area (Å²) in [5.41, 5.74) is -1.03. The number of ether oxygens (including phenoxy) is 2. The molecule has 0 aromatic heterocycles. The molecule has 8 nitrogen and oxygen atoms in total. The van der Waals surface area contributed by atoms with Gasteiger partial charge < -0.3 is 24.4 Å². The average molecular weight is 457 g/mol. The van der Waals surface area contributed by atoms with Crippen LogP contribution in [0.5, 0.6) is 0 Å². The Kier molecular flexibility index (Phi) is 6.33. The van der Waals surface area contributed by atoms with E-state index in [9.17, 15) is 19.5 Å². The Morgan fingerprint density at radius 1 is 1.33 bits per heavy atom. The molecule has 33 heavy (non-hydrogen) atoms. The van der Waals surface area contributed by atoms with Crippen molar-refractivity contribution in [2.75, 3.05) is 26.3 Å². The van der Waals surface area contributed by atoms with E-state index in [1.165, 1.54) is 4.90 Å². The summed E-state index contributed by atoms with van der Waals surface area (Å²) >= 11 is 0. The van der Waals surface area contributed by atoms with Crippen molar-refractivity contribution in [3.63, 3.8) is 0 Å². The van der Waals surface area contributed by atoms with E-state index in [4.69, 9.17) is 9.47 Å². The average Bonchev–Trinajstić information content (AvgIpc) is 3.35. The number of rotatable bonds is 9. The molecule has 2 unspecified atom stereocenters. The fourth-order valence-corrected chi connectivity index (χ4v) is 6.01. The van der Waals surface area contributed by atoms with Crippen molar-refractivity contribution in [2.24, 2.45) is 11.8 Å². The molecule has 3 saturated heterocycles. The van der Waals surface area contributed by atoms with Crippen LogP contribution < -0.4 is 0 Å². The van der Waals surface area contributed by atoms with Gasteiger partial charge in [-0.1, -0.05) is 36.4 Å². The van der Waals surface area contributed by atoms with Gasteiger partial charge in [-0.15, -0.1) is 6.58 Å². The first-order chi connectivity index (χ1) is 15.8. The normalized spacial score (nSPS) is 32.0. The maximum Gasteiger partial charge on any atom is 0.312 e. The SMILES string of the molecule is C=CCN(Cc1ccccc1)C(=O)C1N(CCO)C(=O)[C@@H]2[C@@H](C(=O)OCC)[C@@]3(C)CCC12O3. The highest BCUT2D eigenvalue weighted by Gasteiger charge is 2.78. The quantitative estimate of drug-likeness (QED) is 0.447. The highest BCUT2D eigenvalue weighted by molar-refractivity contribution is 5.98. The summed E-state index contributed by atoms with van der Waals surface area (Å²) in [6, 6.07) is 8.67. The monoisotopic (exact) mass is 456 g/mol. The summed E-state index contributed by atoms with van der Waals surface area (Å²) in [6.45, 7) is 7.90. The van der Waals surface area contributed by atoms with Crippen LogP contribution in [-0.4, -0.2) is 76.2 Å². The molecular weight excluding hydrogens is 424 g/mol. The molecule has 2 amide bonds. The van der Waals surface area contributed by atoms with Gasteiger partial charge in [0, 0.05) is 19.6 Å². The van der Waals surface area contributed by atoms with Gasteiger partial charge in [-0.2, -0.15) is 0 Å². The number of benzene rings is 1. The number of aliphatic hydroxyl groups excluding tert-OH is 1. The number of amides is 2. The van der Waals surface area contributed by atoms with E-state index >= 15 is 0 Å². The molecule has 0 radical (unpaired) electrons. The third kappa shape index (κ3) is 3.65. The number of hydrogen-bond donors (Lipinski definition) is 1. The van der Waals surface area contributed by atoms with Gasteiger partial charge in [0.25, 0.3) is 0 Å². The van der Waals surface area contributed by atoms with Crippen molar-refractivity contribution in [1.29, 1.82) is 0 Å². The molecule has 1 aromatic rings. The number of carbonyl (C=O) groups is 3. The van der Waals surface area contributed by atoms with Gasteiger partial charge in [0.15, 0.2) is 0 Å². The Hall–Kier alpha value is -2.71. The lowest BCUT2D eigenvalue weighted by atomic mass is 9.66. The third-order valence-corrected chi connectivity index (χ3v) is 7.27. The largest absolute Gasteiger partial charge is 0.466 e. The Morgan fingerprint density at radius 3 is 2.70 bits per heavy atom. The molecule has 8 heteroatoms. The van der Waals surface area contributed by atoms with Gasteiger partial charge in [0.05, 0.1) is 24.7 Å². The van der Waals surface area contributed by atoms with Crippen LogP contribution in [0.15, 0.2) is 43.0 Å². The van der Waals surface area contributed by atoms with E-state index in [-0.39, 0.29) is 31.6 Å². The molecule has 178 valence electrons.